The molecular formula is C39H47N3O2S2. The van der Waals surface area contributed by atoms with Crippen molar-refractivity contribution < 1.29 is 9.59 Å². The van der Waals surface area contributed by atoms with E-state index < -0.39 is 6.04 Å². The third-order valence-corrected chi connectivity index (χ3v) is 9.54. The van der Waals surface area contributed by atoms with Crippen LogP contribution >= 0.6 is 23.7 Å². The third kappa shape index (κ3) is 10.8. The highest BCUT2D eigenvalue weighted by molar-refractivity contribution is 7.98. The number of thioether (sulfide) groups is 1. The molecule has 2 amide bonds. The standard InChI is InChI=1S/C39H47N3O2S2/c1-5-6-24-42(25-22-31-13-8-7-9-14-31)28-32-18-21-35(36(27-32)34-15-11-10-12-30(34)3)38(43)40-37(23-26-45-4)39(44)41-46-33-19-16-29(2)17-20-33/h7-21,27,37H,5-6,22-26,28H2,1-4H3,(H,40,43)(H,41,44). The number of benzene rings is 4. The first-order chi connectivity index (χ1) is 22.4. The Balaban J connectivity index is 1.56. The number of carbonyl (C=O) groups is 2. The van der Waals surface area contributed by atoms with Gasteiger partial charge in [-0.1, -0.05) is 91.7 Å². The van der Waals surface area contributed by atoms with Crippen LogP contribution in [0.2, 0.25) is 0 Å². The number of nitrogens with zero attached hydrogens (tertiary/aromatic N) is 1. The van der Waals surface area contributed by atoms with Gasteiger partial charge in [-0.25, -0.2) is 0 Å². The van der Waals surface area contributed by atoms with E-state index in [1.807, 2.05) is 55.6 Å². The van der Waals surface area contributed by atoms with E-state index in [0.29, 0.717) is 12.0 Å². The van der Waals surface area contributed by atoms with Crippen LogP contribution in [0.4, 0.5) is 0 Å². The van der Waals surface area contributed by atoms with Gasteiger partial charge in [-0.15, -0.1) is 0 Å². The fourth-order valence-corrected chi connectivity index (χ4v) is 6.46. The van der Waals surface area contributed by atoms with Gasteiger partial charge in [-0.2, -0.15) is 11.8 Å². The van der Waals surface area contributed by atoms with Crippen molar-refractivity contribution in [1.29, 1.82) is 0 Å². The van der Waals surface area contributed by atoms with Crippen LogP contribution in [0.5, 0.6) is 0 Å². The molecule has 4 aromatic rings. The number of unbranched alkanes of at least 4 members (excludes halogenated alkanes) is 1. The second kappa shape index (κ2) is 18.6. The molecule has 0 heterocycles. The van der Waals surface area contributed by atoms with Gasteiger partial charge in [0.1, 0.15) is 6.04 Å². The average Bonchev–Trinajstić information content (AvgIpc) is 3.08. The van der Waals surface area contributed by atoms with E-state index in [1.165, 1.54) is 23.1 Å². The maximum atomic E-state index is 14.0. The van der Waals surface area contributed by atoms with Crippen LogP contribution in [0.15, 0.2) is 102 Å². The van der Waals surface area contributed by atoms with E-state index in [4.69, 9.17) is 0 Å². The summed E-state index contributed by atoms with van der Waals surface area (Å²) in [6.07, 6.45) is 5.83. The van der Waals surface area contributed by atoms with Crippen molar-refractivity contribution >= 4 is 35.5 Å². The molecule has 7 heteroatoms. The summed E-state index contributed by atoms with van der Waals surface area (Å²) in [6, 6.07) is 32.4. The van der Waals surface area contributed by atoms with Crippen molar-refractivity contribution in [1.82, 2.24) is 14.9 Å². The molecule has 0 aliphatic carbocycles. The van der Waals surface area contributed by atoms with E-state index >= 15 is 0 Å². The number of hydrogen-bond donors (Lipinski definition) is 2. The fraction of sp³-hybridized carbons (Fsp3) is 0.333. The summed E-state index contributed by atoms with van der Waals surface area (Å²) in [5.41, 5.74) is 7.28. The maximum Gasteiger partial charge on any atom is 0.252 e. The second-order valence-corrected chi connectivity index (χ2v) is 13.6. The summed E-state index contributed by atoms with van der Waals surface area (Å²) in [5.74, 6) is 0.318. The summed E-state index contributed by atoms with van der Waals surface area (Å²) < 4.78 is 2.96. The van der Waals surface area contributed by atoms with E-state index in [0.717, 1.165) is 71.8 Å². The summed E-state index contributed by atoms with van der Waals surface area (Å²) >= 11 is 2.94. The minimum atomic E-state index is -0.648. The highest BCUT2D eigenvalue weighted by Gasteiger charge is 2.24. The first kappa shape index (κ1) is 35.3. The lowest BCUT2D eigenvalue weighted by atomic mass is 9.93. The van der Waals surface area contributed by atoms with Gasteiger partial charge < -0.3 is 5.32 Å². The molecule has 0 saturated heterocycles. The largest absolute Gasteiger partial charge is 0.340 e. The van der Waals surface area contributed by atoms with Gasteiger partial charge >= 0.3 is 0 Å². The number of rotatable bonds is 17. The molecule has 46 heavy (non-hydrogen) atoms. The van der Waals surface area contributed by atoms with E-state index in [1.54, 1.807) is 11.8 Å². The van der Waals surface area contributed by atoms with Crippen LogP contribution in [0.1, 0.15) is 58.8 Å². The molecule has 0 fully saturated rings. The van der Waals surface area contributed by atoms with Crippen LogP contribution in [0.3, 0.4) is 0 Å². The Morgan fingerprint density at radius 3 is 2.28 bits per heavy atom. The zero-order chi connectivity index (χ0) is 32.7. The zero-order valence-corrected chi connectivity index (χ0v) is 29.2. The van der Waals surface area contributed by atoms with Gasteiger partial charge in [0, 0.05) is 23.5 Å². The van der Waals surface area contributed by atoms with Crippen molar-refractivity contribution in [3.8, 4) is 11.1 Å². The van der Waals surface area contributed by atoms with Crippen LogP contribution in [0.25, 0.3) is 11.1 Å². The topological polar surface area (TPSA) is 61.4 Å². The fourth-order valence-electron chi connectivity index (χ4n) is 5.35. The Morgan fingerprint density at radius 2 is 1.57 bits per heavy atom. The normalized spacial score (nSPS) is 11.8. The molecule has 5 nitrogen and oxygen atoms in total. The number of aryl methyl sites for hydroxylation is 2. The first-order valence-corrected chi connectivity index (χ1v) is 18.4. The van der Waals surface area contributed by atoms with Crippen molar-refractivity contribution in [2.24, 2.45) is 0 Å². The molecule has 0 aliphatic heterocycles. The summed E-state index contributed by atoms with van der Waals surface area (Å²) in [7, 11) is 0. The number of hydrogen-bond acceptors (Lipinski definition) is 5. The monoisotopic (exact) mass is 653 g/mol. The van der Waals surface area contributed by atoms with Crippen LogP contribution in [-0.4, -0.2) is 47.9 Å². The Hall–Kier alpha value is -3.52. The Labute approximate surface area is 284 Å². The molecule has 0 aliphatic rings. The van der Waals surface area contributed by atoms with Crippen LogP contribution in [-0.2, 0) is 17.8 Å². The van der Waals surface area contributed by atoms with Crippen LogP contribution < -0.4 is 10.0 Å². The van der Waals surface area contributed by atoms with E-state index in [2.05, 4.69) is 83.4 Å². The SMILES string of the molecule is CCCCN(CCc1ccccc1)Cc1ccc(C(=O)NC(CCSC)C(=O)NSc2ccc(C)cc2)c(-c2ccccc2C)c1. The smallest absolute Gasteiger partial charge is 0.252 e. The highest BCUT2D eigenvalue weighted by Crippen LogP contribution is 2.29. The van der Waals surface area contributed by atoms with E-state index in [9.17, 15) is 9.59 Å². The minimum Gasteiger partial charge on any atom is -0.340 e. The molecule has 0 bridgehead atoms. The summed E-state index contributed by atoms with van der Waals surface area (Å²) in [6.45, 7) is 9.15. The Bertz CT molecular complexity index is 1540. The average molecular weight is 654 g/mol. The number of amides is 2. The molecule has 1 atom stereocenters. The maximum absolute atomic E-state index is 14.0. The Morgan fingerprint density at radius 1 is 0.826 bits per heavy atom. The molecule has 242 valence electrons. The van der Waals surface area contributed by atoms with Crippen molar-refractivity contribution in [2.45, 2.75) is 63.9 Å². The second-order valence-electron chi connectivity index (χ2n) is 11.7. The highest BCUT2D eigenvalue weighted by atomic mass is 32.2. The summed E-state index contributed by atoms with van der Waals surface area (Å²) in [4.78, 5) is 30.8. The van der Waals surface area contributed by atoms with Crippen LogP contribution in [0, 0.1) is 13.8 Å². The van der Waals surface area contributed by atoms with Crippen molar-refractivity contribution in [3.63, 3.8) is 0 Å². The third-order valence-electron chi connectivity index (χ3n) is 8.08. The summed E-state index contributed by atoms with van der Waals surface area (Å²) in [5, 5.41) is 3.08. The first-order valence-electron chi connectivity index (χ1n) is 16.2. The van der Waals surface area contributed by atoms with Gasteiger partial charge in [0.2, 0.25) is 0 Å². The predicted octanol–water partition coefficient (Wildman–Crippen LogP) is 8.49. The molecular weight excluding hydrogens is 607 g/mol. The lowest BCUT2D eigenvalue weighted by molar-refractivity contribution is -0.121. The van der Waals surface area contributed by atoms with Crippen molar-refractivity contribution in [3.05, 3.63) is 125 Å². The lowest BCUT2D eigenvalue weighted by Crippen LogP contribution is -2.45. The zero-order valence-electron chi connectivity index (χ0n) is 27.6. The Kier molecular flexibility index (Phi) is 14.3. The molecule has 0 spiro atoms. The van der Waals surface area contributed by atoms with E-state index in [-0.39, 0.29) is 11.8 Å². The van der Waals surface area contributed by atoms with Gasteiger partial charge in [-0.05, 0) is 116 Å². The number of carbonyl (C=O) groups excluding carboxylic acids is 2. The molecule has 4 rings (SSSR count). The molecule has 1 unspecified atom stereocenters. The number of nitrogens with one attached hydrogen (secondary N) is 2. The molecule has 2 N–H and O–H groups in total. The quantitative estimate of drug-likeness (QED) is 0.112. The molecule has 4 aromatic carbocycles. The molecule has 0 radical (unpaired) electrons. The minimum absolute atomic E-state index is 0.202. The molecule has 0 aromatic heterocycles. The van der Waals surface area contributed by atoms with Crippen molar-refractivity contribution in [2.75, 3.05) is 25.1 Å². The van der Waals surface area contributed by atoms with Gasteiger partial charge in [0.25, 0.3) is 11.8 Å². The molecule has 0 saturated carbocycles. The van der Waals surface area contributed by atoms with Gasteiger partial charge in [0.05, 0.1) is 0 Å². The lowest BCUT2D eigenvalue weighted by Gasteiger charge is -2.24. The predicted molar refractivity (Wildman–Crippen MR) is 196 cm³/mol. The van der Waals surface area contributed by atoms with Gasteiger partial charge in [-0.3, -0.25) is 19.2 Å². The van der Waals surface area contributed by atoms with Gasteiger partial charge in [0.15, 0.2) is 0 Å².